The van der Waals surface area contributed by atoms with E-state index < -0.39 is 49.5 Å². The van der Waals surface area contributed by atoms with Gasteiger partial charge in [0.25, 0.3) is 0 Å². The Labute approximate surface area is 186 Å². The average molecular weight is 470 g/mol. The first-order chi connectivity index (χ1) is 14.9. The normalized spacial score (nSPS) is 22.2. The summed E-state index contributed by atoms with van der Waals surface area (Å²) in [7, 11) is -1.89. The number of halogens is 3. The van der Waals surface area contributed by atoms with Gasteiger partial charge in [0.2, 0.25) is 23.6 Å². The second-order valence-electron chi connectivity index (χ2n) is 9.82. The number of hydrogen-bond acceptors (Lipinski definition) is 3. The minimum absolute atomic E-state index is 0.0201. The molecule has 3 rings (SSSR count). The third kappa shape index (κ3) is 5.90. The van der Waals surface area contributed by atoms with Crippen LogP contribution in [0.2, 0.25) is 19.6 Å². The smallest absolute Gasteiger partial charge is 0.248 e. The van der Waals surface area contributed by atoms with Crippen molar-refractivity contribution in [2.45, 2.75) is 63.7 Å². The molecule has 1 aliphatic carbocycles. The maximum Gasteiger partial charge on any atom is 0.248 e. The van der Waals surface area contributed by atoms with Crippen molar-refractivity contribution >= 4 is 36.7 Å². The zero-order valence-corrected chi connectivity index (χ0v) is 19.6. The Kier molecular flexibility index (Phi) is 7.02. The second kappa shape index (κ2) is 9.25. The molecule has 2 aliphatic rings. The molecule has 1 saturated carbocycles. The molecule has 3 amide bonds. The molecule has 1 heterocycles. The maximum absolute atomic E-state index is 14.6. The molecule has 0 spiro atoms. The molecule has 0 aromatic heterocycles. The Morgan fingerprint density at radius 2 is 1.84 bits per heavy atom. The fourth-order valence-corrected chi connectivity index (χ4v) is 5.65. The molecule has 2 atom stereocenters. The molecule has 1 saturated heterocycles. The van der Waals surface area contributed by atoms with Crippen molar-refractivity contribution < 1.29 is 27.6 Å². The number of alkyl halides is 2. The minimum Gasteiger partial charge on any atom is -0.355 e. The zero-order chi connectivity index (χ0) is 23.7. The van der Waals surface area contributed by atoms with Gasteiger partial charge in [0.15, 0.2) is 0 Å². The van der Waals surface area contributed by atoms with Gasteiger partial charge in [-0.2, -0.15) is 0 Å². The summed E-state index contributed by atoms with van der Waals surface area (Å²) in [6, 6.07) is 3.47. The van der Waals surface area contributed by atoms with E-state index in [1.54, 1.807) is 12.1 Å². The summed E-state index contributed by atoms with van der Waals surface area (Å²) in [5.41, 5.74) is 0.243. The van der Waals surface area contributed by atoms with Gasteiger partial charge in [-0.25, -0.2) is 13.2 Å². The van der Waals surface area contributed by atoms with Gasteiger partial charge < -0.3 is 16.0 Å². The first kappa shape index (κ1) is 24.3. The molecule has 176 valence electrons. The Morgan fingerprint density at radius 1 is 1.19 bits per heavy atom. The number of hydrogen-bond donors (Lipinski definition) is 3. The lowest BCUT2D eigenvalue weighted by molar-refractivity contribution is -0.131. The Morgan fingerprint density at radius 3 is 2.38 bits per heavy atom. The van der Waals surface area contributed by atoms with Crippen LogP contribution >= 0.6 is 0 Å². The van der Waals surface area contributed by atoms with Crippen LogP contribution in [-0.2, 0) is 14.4 Å². The summed E-state index contributed by atoms with van der Waals surface area (Å²) >= 11 is 0. The first-order valence-electron chi connectivity index (χ1n) is 10.9. The van der Waals surface area contributed by atoms with Crippen LogP contribution in [0, 0.1) is 17.7 Å². The standard InChI is InChI=1S/C22H30F3N3O3Si/c1-32(2,3)17-5-4-15(11-16(17)23)27-21(31)19(13-6-8-22(24,25)9-7-13)28-20(30)14-10-18(29)26-12-14/h4-5,11,13-14,19H,6-10,12H2,1-3H3,(H,26,29)(H,27,31)(H,28,30). The Bertz CT molecular complexity index is 894. The summed E-state index contributed by atoms with van der Waals surface area (Å²) in [5, 5.41) is 8.51. The average Bonchev–Trinajstić information content (AvgIpc) is 3.12. The lowest BCUT2D eigenvalue weighted by Crippen LogP contribution is -2.51. The molecule has 10 heteroatoms. The van der Waals surface area contributed by atoms with Crippen LogP contribution in [0.5, 0.6) is 0 Å². The summed E-state index contributed by atoms with van der Waals surface area (Å²) in [5.74, 6) is -5.57. The minimum atomic E-state index is -2.78. The third-order valence-corrected chi connectivity index (χ3v) is 8.23. The molecule has 1 aliphatic heterocycles. The van der Waals surface area contributed by atoms with E-state index in [9.17, 15) is 27.6 Å². The number of nitrogens with one attached hydrogen (secondary N) is 3. The number of carbonyl (C=O) groups is 3. The van der Waals surface area contributed by atoms with Crippen LogP contribution in [0.15, 0.2) is 18.2 Å². The summed E-state index contributed by atoms with van der Waals surface area (Å²) in [4.78, 5) is 37.2. The van der Waals surface area contributed by atoms with Gasteiger partial charge in [-0.3, -0.25) is 14.4 Å². The molecule has 0 bridgehead atoms. The fourth-order valence-electron chi connectivity index (χ4n) is 4.28. The van der Waals surface area contributed by atoms with Gasteiger partial charge in [-0.1, -0.05) is 25.7 Å². The van der Waals surface area contributed by atoms with Gasteiger partial charge in [-0.15, -0.1) is 0 Å². The van der Waals surface area contributed by atoms with Crippen molar-refractivity contribution in [3.05, 3.63) is 24.0 Å². The highest BCUT2D eigenvalue weighted by molar-refractivity contribution is 6.88. The van der Waals surface area contributed by atoms with Crippen LogP contribution in [0.25, 0.3) is 0 Å². The highest BCUT2D eigenvalue weighted by Crippen LogP contribution is 2.37. The first-order valence-corrected chi connectivity index (χ1v) is 14.4. The Balaban J connectivity index is 1.76. The van der Waals surface area contributed by atoms with Gasteiger partial charge in [-0.05, 0) is 36.1 Å². The lowest BCUT2D eigenvalue weighted by atomic mass is 9.81. The summed E-state index contributed by atoms with van der Waals surface area (Å²) in [6.45, 7) is 6.20. The molecule has 1 aromatic rings. The van der Waals surface area contributed by atoms with Crippen LogP contribution in [0.4, 0.5) is 18.9 Å². The molecule has 2 fully saturated rings. The molecular formula is C22H30F3N3O3Si. The van der Waals surface area contributed by atoms with Crippen LogP contribution in [-0.4, -0.2) is 44.3 Å². The Hall–Kier alpha value is -2.36. The molecular weight excluding hydrogens is 439 g/mol. The van der Waals surface area contributed by atoms with E-state index in [-0.39, 0.29) is 50.2 Å². The summed E-state index contributed by atoms with van der Waals surface area (Å²) in [6.07, 6.45) is -0.542. The van der Waals surface area contributed by atoms with Gasteiger partial charge in [0.05, 0.1) is 14.0 Å². The number of anilines is 1. The van der Waals surface area contributed by atoms with Crippen LogP contribution in [0.1, 0.15) is 32.1 Å². The zero-order valence-electron chi connectivity index (χ0n) is 18.6. The topological polar surface area (TPSA) is 87.3 Å². The quantitative estimate of drug-likeness (QED) is 0.560. The van der Waals surface area contributed by atoms with E-state index in [0.29, 0.717) is 5.19 Å². The predicted molar refractivity (Wildman–Crippen MR) is 118 cm³/mol. The molecule has 0 radical (unpaired) electrons. The molecule has 32 heavy (non-hydrogen) atoms. The van der Waals surface area contributed by atoms with E-state index in [1.807, 2.05) is 19.6 Å². The molecule has 3 N–H and O–H groups in total. The highest BCUT2D eigenvalue weighted by atomic mass is 28.3. The van der Waals surface area contributed by atoms with Crippen LogP contribution in [0.3, 0.4) is 0 Å². The van der Waals surface area contributed by atoms with Gasteiger partial charge >= 0.3 is 0 Å². The maximum atomic E-state index is 14.6. The van der Waals surface area contributed by atoms with Crippen molar-refractivity contribution in [1.29, 1.82) is 0 Å². The van der Waals surface area contributed by atoms with Gasteiger partial charge in [0, 0.05) is 31.5 Å². The van der Waals surface area contributed by atoms with E-state index in [4.69, 9.17) is 0 Å². The molecule has 6 nitrogen and oxygen atoms in total. The molecule has 2 unspecified atom stereocenters. The van der Waals surface area contributed by atoms with Crippen molar-refractivity contribution in [2.24, 2.45) is 11.8 Å². The van der Waals surface area contributed by atoms with Gasteiger partial charge in [0.1, 0.15) is 11.9 Å². The van der Waals surface area contributed by atoms with E-state index in [1.165, 1.54) is 6.07 Å². The fraction of sp³-hybridized carbons (Fsp3) is 0.591. The largest absolute Gasteiger partial charge is 0.355 e. The lowest BCUT2D eigenvalue weighted by Gasteiger charge is -2.33. The molecule has 1 aromatic carbocycles. The highest BCUT2D eigenvalue weighted by Gasteiger charge is 2.41. The van der Waals surface area contributed by atoms with E-state index in [0.717, 1.165) is 0 Å². The number of rotatable bonds is 6. The monoisotopic (exact) mass is 469 g/mol. The van der Waals surface area contributed by atoms with E-state index >= 15 is 0 Å². The van der Waals surface area contributed by atoms with Crippen LogP contribution < -0.4 is 21.1 Å². The predicted octanol–water partition coefficient (Wildman–Crippen LogP) is 2.76. The van der Waals surface area contributed by atoms with Crippen molar-refractivity contribution in [3.8, 4) is 0 Å². The summed E-state index contributed by atoms with van der Waals surface area (Å²) < 4.78 is 41.9. The second-order valence-corrected chi connectivity index (χ2v) is 14.9. The van der Waals surface area contributed by atoms with Crippen molar-refractivity contribution in [2.75, 3.05) is 11.9 Å². The SMILES string of the molecule is C[Si](C)(C)c1ccc(NC(=O)C(NC(=O)C2CNC(=O)C2)C2CCC(F)(F)CC2)cc1F. The number of amides is 3. The number of carbonyl (C=O) groups excluding carboxylic acids is 3. The number of benzene rings is 1. The van der Waals surface area contributed by atoms with Crippen molar-refractivity contribution in [3.63, 3.8) is 0 Å². The third-order valence-electron chi connectivity index (χ3n) is 6.21. The van der Waals surface area contributed by atoms with Crippen molar-refractivity contribution in [1.82, 2.24) is 10.6 Å². The van der Waals surface area contributed by atoms with E-state index in [2.05, 4.69) is 16.0 Å².